The Morgan fingerprint density at radius 3 is 2.46 bits per heavy atom. The van der Waals surface area contributed by atoms with E-state index in [0.29, 0.717) is 29.2 Å². The normalized spacial score (nSPS) is 10.5. The fourth-order valence-corrected chi connectivity index (χ4v) is 3.19. The van der Waals surface area contributed by atoms with Gasteiger partial charge in [-0.1, -0.05) is 30.3 Å². The quantitative estimate of drug-likeness (QED) is 0.435. The predicted molar refractivity (Wildman–Crippen MR) is 108 cm³/mol. The van der Waals surface area contributed by atoms with Gasteiger partial charge in [0.05, 0.1) is 7.11 Å². The molecular formula is C23H23NO4. The van der Waals surface area contributed by atoms with Crippen LogP contribution >= 0.6 is 0 Å². The highest BCUT2D eigenvalue weighted by Gasteiger charge is 2.17. The number of carbonyl (C=O) groups excluding carboxylic acids is 2. The number of rotatable bonds is 8. The Kier molecular flexibility index (Phi) is 5.94. The third kappa shape index (κ3) is 4.14. The summed E-state index contributed by atoms with van der Waals surface area (Å²) in [5.74, 6) is 0.750. The first kappa shape index (κ1) is 19.4. The molecule has 0 spiro atoms. The number of aryl methyl sites for hydroxylation is 1. The van der Waals surface area contributed by atoms with E-state index in [1.54, 1.807) is 18.2 Å². The predicted octanol–water partition coefficient (Wildman–Crippen LogP) is 4.24. The highest BCUT2D eigenvalue weighted by molar-refractivity contribution is 5.98. The number of aldehydes is 1. The van der Waals surface area contributed by atoms with Crippen molar-refractivity contribution in [2.45, 2.75) is 20.4 Å². The van der Waals surface area contributed by atoms with Gasteiger partial charge in [0, 0.05) is 29.1 Å². The summed E-state index contributed by atoms with van der Waals surface area (Å²) in [5, 5.41) is 0. The van der Waals surface area contributed by atoms with Crippen LogP contribution in [0.3, 0.4) is 0 Å². The van der Waals surface area contributed by atoms with E-state index in [0.717, 1.165) is 17.7 Å². The van der Waals surface area contributed by atoms with Crippen LogP contribution in [0.2, 0.25) is 0 Å². The zero-order chi connectivity index (χ0) is 20.1. The molecule has 3 rings (SSSR count). The molecule has 5 nitrogen and oxygen atoms in total. The summed E-state index contributed by atoms with van der Waals surface area (Å²) in [7, 11) is 1.50. The molecule has 0 radical (unpaired) electrons. The Morgan fingerprint density at radius 2 is 1.79 bits per heavy atom. The van der Waals surface area contributed by atoms with E-state index in [4.69, 9.17) is 9.47 Å². The molecule has 28 heavy (non-hydrogen) atoms. The number of benzene rings is 2. The van der Waals surface area contributed by atoms with Gasteiger partial charge in [-0.2, -0.15) is 0 Å². The lowest BCUT2D eigenvalue weighted by atomic mass is 10.1. The molecule has 0 aliphatic carbocycles. The maximum absolute atomic E-state index is 12.7. The number of hydrogen-bond acceptors (Lipinski definition) is 4. The van der Waals surface area contributed by atoms with Crippen LogP contribution in [0.5, 0.6) is 11.5 Å². The molecule has 0 amide bonds. The van der Waals surface area contributed by atoms with Gasteiger partial charge in [0.15, 0.2) is 18.1 Å². The number of Topliss-reactive ketones (excluding diaryl/α,β-unsaturated/α-hetero) is 1. The lowest BCUT2D eigenvalue weighted by Crippen LogP contribution is -2.13. The number of aromatic nitrogens is 1. The summed E-state index contributed by atoms with van der Waals surface area (Å²) in [5.41, 5.74) is 4.26. The van der Waals surface area contributed by atoms with E-state index in [9.17, 15) is 9.59 Å². The Balaban J connectivity index is 1.75. The topological polar surface area (TPSA) is 57.5 Å². The van der Waals surface area contributed by atoms with Crippen LogP contribution in [0, 0.1) is 13.8 Å². The SMILES string of the molecule is COc1cc(C=O)ccc1OCC(=O)c1cc(C)n(Cc2ccccc2)c1C. The van der Waals surface area contributed by atoms with Crippen LogP contribution in [0.1, 0.15) is 37.7 Å². The summed E-state index contributed by atoms with van der Waals surface area (Å²) in [6.45, 7) is 4.55. The van der Waals surface area contributed by atoms with E-state index in [-0.39, 0.29) is 12.4 Å². The molecule has 0 bridgehead atoms. The average molecular weight is 377 g/mol. The molecule has 0 aliphatic rings. The summed E-state index contributed by atoms with van der Waals surface area (Å²) in [6, 6.07) is 16.9. The van der Waals surface area contributed by atoms with Crippen molar-refractivity contribution in [3.63, 3.8) is 0 Å². The van der Waals surface area contributed by atoms with Crippen LogP contribution in [-0.2, 0) is 6.54 Å². The minimum atomic E-state index is -0.105. The molecule has 144 valence electrons. The largest absolute Gasteiger partial charge is 0.493 e. The second-order valence-corrected chi connectivity index (χ2v) is 6.60. The second kappa shape index (κ2) is 8.57. The molecular weight excluding hydrogens is 354 g/mol. The molecule has 0 saturated heterocycles. The van der Waals surface area contributed by atoms with Crippen molar-refractivity contribution in [3.8, 4) is 11.5 Å². The molecule has 0 aliphatic heterocycles. The van der Waals surface area contributed by atoms with Crippen molar-refractivity contribution in [2.75, 3.05) is 13.7 Å². The lowest BCUT2D eigenvalue weighted by Gasteiger charge is -2.11. The molecule has 5 heteroatoms. The lowest BCUT2D eigenvalue weighted by molar-refractivity contribution is 0.0918. The maximum atomic E-state index is 12.7. The van der Waals surface area contributed by atoms with Gasteiger partial charge in [-0.15, -0.1) is 0 Å². The molecule has 3 aromatic rings. The number of ether oxygens (including phenoxy) is 2. The third-order valence-corrected chi connectivity index (χ3v) is 4.74. The van der Waals surface area contributed by atoms with Gasteiger partial charge < -0.3 is 14.0 Å². The Bertz CT molecular complexity index is 989. The van der Waals surface area contributed by atoms with E-state index in [2.05, 4.69) is 16.7 Å². The van der Waals surface area contributed by atoms with Crippen molar-refractivity contribution < 1.29 is 19.1 Å². The van der Waals surface area contributed by atoms with Gasteiger partial charge in [-0.25, -0.2) is 0 Å². The second-order valence-electron chi connectivity index (χ2n) is 6.60. The molecule has 0 fully saturated rings. The summed E-state index contributed by atoms with van der Waals surface area (Å²) in [4.78, 5) is 23.6. The minimum absolute atomic E-state index is 0.103. The van der Waals surface area contributed by atoms with Gasteiger partial charge >= 0.3 is 0 Å². The minimum Gasteiger partial charge on any atom is -0.493 e. The summed E-state index contributed by atoms with van der Waals surface area (Å²) >= 11 is 0. The maximum Gasteiger partial charge on any atom is 0.202 e. The van der Waals surface area contributed by atoms with Gasteiger partial charge in [0.1, 0.15) is 6.29 Å². The monoisotopic (exact) mass is 377 g/mol. The van der Waals surface area contributed by atoms with Crippen molar-refractivity contribution in [1.29, 1.82) is 0 Å². The van der Waals surface area contributed by atoms with Gasteiger partial charge in [-0.3, -0.25) is 9.59 Å². The molecule has 0 saturated carbocycles. The van der Waals surface area contributed by atoms with Crippen LogP contribution in [0.15, 0.2) is 54.6 Å². The Hall–Kier alpha value is -3.34. The fourth-order valence-electron chi connectivity index (χ4n) is 3.19. The molecule has 0 unspecified atom stereocenters. The third-order valence-electron chi connectivity index (χ3n) is 4.74. The molecule has 0 N–H and O–H groups in total. The molecule has 2 aromatic carbocycles. The zero-order valence-corrected chi connectivity index (χ0v) is 16.3. The van der Waals surface area contributed by atoms with Crippen molar-refractivity contribution in [3.05, 3.63) is 82.7 Å². The number of hydrogen-bond donors (Lipinski definition) is 0. The van der Waals surface area contributed by atoms with E-state index >= 15 is 0 Å². The Labute approximate surface area is 164 Å². The number of nitrogens with zero attached hydrogens (tertiary/aromatic N) is 1. The number of carbonyl (C=O) groups is 2. The zero-order valence-electron chi connectivity index (χ0n) is 16.3. The van der Waals surface area contributed by atoms with Gasteiger partial charge in [-0.05, 0) is 43.7 Å². The molecule has 0 atom stereocenters. The van der Waals surface area contributed by atoms with Crippen molar-refractivity contribution in [1.82, 2.24) is 4.57 Å². The van der Waals surface area contributed by atoms with E-state index in [1.807, 2.05) is 38.1 Å². The van der Waals surface area contributed by atoms with Crippen LogP contribution in [-0.4, -0.2) is 30.4 Å². The smallest absolute Gasteiger partial charge is 0.202 e. The van der Waals surface area contributed by atoms with Crippen molar-refractivity contribution in [2.24, 2.45) is 0 Å². The van der Waals surface area contributed by atoms with Crippen LogP contribution in [0.25, 0.3) is 0 Å². The van der Waals surface area contributed by atoms with Crippen LogP contribution in [0.4, 0.5) is 0 Å². The molecule has 1 heterocycles. The number of ketones is 1. The first-order chi connectivity index (χ1) is 13.5. The number of methoxy groups -OCH3 is 1. The molecule has 1 aromatic heterocycles. The Morgan fingerprint density at radius 1 is 1.04 bits per heavy atom. The van der Waals surface area contributed by atoms with E-state index in [1.165, 1.54) is 12.7 Å². The van der Waals surface area contributed by atoms with Crippen LogP contribution < -0.4 is 9.47 Å². The van der Waals surface area contributed by atoms with E-state index < -0.39 is 0 Å². The van der Waals surface area contributed by atoms with Gasteiger partial charge in [0.2, 0.25) is 5.78 Å². The summed E-state index contributed by atoms with van der Waals surface area (Å²) in [6.07, 6.45) is 0.735. The van der Waals surface area contributed by atoms with Gasteiger partial charge in [0.25, 0.3) is 0 Å². The van der Waals surface area contributed by atoms with Crippen molar-refractivity contribution >= 4 is 12.1 Å². The highest BCUT2D eigenvalue weighted by atomic mass is 16.5. The highest BCUT2D eigenvalue weighted by Crippen LogP contribution is 2.28. The first-order valence-corrected chi connectivity index (χ1v) is 9.03. The summed E-state index contributed by atoms with van der Waals surface area (Å²) < 4.78 is 13.0. The average Bonchev–Trinajstić information content (AvgIpc) is 3.01. The first-order valence-electron chi connectivity index (χ1n) is 9.03. The standard InChI is InChI=1S/C23H23NO4/c1-16-11-20(17(2)24(16)13-18-7-5-4-6-8-18)21(26)15-28-22-10-9-19(14-25)12-23(22)27-3/h4-12,14H,13,15H2,1-3H3. The fraction of sp³-hybridized carbons (Fsp3) is 0.217.